The van der Waals surface area contributed by atoms with Gasteiger partial charge in [0.25, 0.3) is 5.24 Å². The van der Waals surface area contributed by atoms with E-state index in [1.807, 2.05) is 36.5 Å². The molecule has 1 aromatic heterocycles. The number of aryl methyl sites for hydroxylation is 1. The first-order chi connectivity index (χ1) is 13.5. The average Bonchev–Trinajstić information content (AvgIpc) is 2.69. The molecule has 0 unspecified atom stereocenters. The van der Waals surface area contributed by atoms with Gasteiger partial charge >= 0.3 is 5.97 Å². The van der Waals surface area contributed by atoms with Crippen molar-refractivity contribution in [1.82, 2.24) is 4.98 Å². The van der Waals surface area contributed by atoms with Gasteiger partial charge in [-0.1, -0.05) is 25.1 Å². The molecule has 7 heteroatoms. The number of aromatic nitrogens is 1. The summed E-state index contributed by atoms with van der Waals surface area (Å²) in [6.45, 7) is 4.62. The number of primary amides is 1. The summed E-state index contributed by atoms with van der Waals surface area (Å²) in [5, 5.41) is -1.25. The lowest BCUT2D eigenvalue weighted by Crippen LogP contribution is -2.25. The number of rotatable bonds is 10. The first-order valence-electron chi connectivity index (χ1n) is 9.30. The summed E-state index contributed by atoms with van der Waals surface area (Å²) in [5.41, 5.74) is 8.33. The van der Waals surface area contributed by atoms with Crippen LogP contribution in [0.25, 0.3) is 0 Å². The highest BCUT2D eigenvalue weighted by molar-refractivity contribution is 8.14. The molecule has 0 saturated heterocycles. The Kier molecular flexibility index (Phi) is 8.81. The lowest BCUT2D eigenvalue weighted by molar-refractivity contribution is -0.142. The van der Waals surface area contributed by atoms with Crippen LogP contribution in [0, 0.1) is 0 Å². The number of ether oxygens (including phenoxy) is 2. The fourth-order valence-corrected chi connectivity index (χ4v) is 3.29. The highest BCUT2D eigenvalue weighted by Crippen LogP contribution is 2.20. The van der Waals surface area contributed by atoms with E-state index in [1.54, 1.807) is 6.92 Å². The van der Waals surface area contributed by atoms with Crippen LogP contribution in [0.3, 0.4) is 0 Å². The van der Waals surface area contributed by atoms with Crippen molar-refractivity contribution >= 4 is 23.0 Å². The van der Waals surface area contributed by atoms with Crippen molar-refractivity contribution in [2.24, 2.45) is 5.73 Å². The molecule has 28 heavy (non-hydrogen) atoms. The Morgan fingerprint density at radius 1 is 1.11 bits per heavy atom. The number of pyridine rings is 1. The molecule has 0 aliphatic rings. The van der Waals surface area contributed by atoms with Gasteiger partial charge in [0.2, 0.25) is 0 Å². The Morgan fingerprint density at radius 2 is 1.82 bits per heavy atom. The van der Waals surface area contributed by atoms with E-state index in [0.29, 0.717) is 13.0 Å². The zero-order valence-electron chi connectivity index (χ0n) is 16.2. The second-order valence-electron chi connectivity index (χ2n) is 6.14. The summed E-state index contributed by atoms with van der Waals surface area (Å²) < 4.78 is 10.8. The fraction of sp³-hybridized carbons (Fsp3) is 0.381. The number of nitrogens with two attached hydrogens (primary N) is 1. The number of benzene rings is 1. The fourth-order valence-electron chi connectivity index (χ4n) is 2.57. The summed E-state index contributed by atoms with van der Waals surface area (Å²) in [6.07, 6.45) is 3.96. The predicted octanol–water partition coefficient (Wildman–Crippen LogP) is 3.55. The van der Waals surface area contributed by atoms with Gasteiger partial charge in [0.05, 0.1) is 13.2 Å². The molecule has 0 fully saturated rings. The van der Waals surface area contributed by atoms with Crippen LogP contribution in [0.2, 0.25) is 0 Å². The van der Waals surface area contributed by atoms with Crippen molar-refractivity contribution in [2.45, 2.75) is 38.4 Å². The summed E-state index contributed by atoms with van der Waals surface area (Å²) in [6, 6.07) is 11.5. The molecule has 1 aromatic carbocycles. The quantitative estimate of drug-likeness (QED) is 0.611. The van der Waals surface area contributed by atoms with Crippen molar-refractivity contribution in [3.05, 3.63) is 59.4 Å². The highest BCUT2D eigenvalue weighted by Gasteiger charge is 2.23. The van der Waals surface area contributed by atoms with Crippen LogP contribution in [0.4, 0.5) is 4.79 Å². The van der Waals surface area contributed by atoms with Crippen LogP contribution in [-0.2, 0) is 28.8 Å². The van der Waals surface area contributed by atoms with Crippen LogP contribution in [0.1, 0.15) is 30.7 Å². The first kappa shape index (κ1) is 21.8. The van der Waals surface area contributed by atoms with Gasteiger partial charge in [-0.2, -0.15) is 0 Å². The maximum atomic E-state index is 12.0. The monoisotopic (exact) mass is 402 g/mol. The van der Waals surface area contributed by atoms with E-state index in [-0.39, 0.29) is 6.61 Å². The molecular weight excluding hydrogens is 376 g/mol. The second-order valence-corrected chi connectivity index (χ2v) is 7.34. The van der Waals surface area contributed by atoms with E-state index in [2.05, 4.69) is 18.0 Å². The molecule has 0 aliphatic heterocycles. The lowest BCUT2D eigenvalue weighted by Gasteiger charge is -2.14. The summed E-state index contributed by atoms with van der Waals surface area (Å²) >= 11 is 0.787. The van der Waals surface area contributed by atoms with Crippen molar-refractivity contribution in [1.29, 1.82) is 0 Å². The Morgan fingerprint density at radius 3 is 2.39 bits per heavy atom. The standard InChI is InChI=1S/C21H26N2O4S/c1-3-15-5-8-17(23-14-15)11-12-27-18-9-6-16(7-10-18)13-19(28-21(22)25)20(24)26-4-2/h5-10,14,19H,3-4,11-13H2,1-2H3,(H2,22,25)/t19-/m0/s1. The molecule has 1 heterocycles. The van der Waals surface area contributed by atoms with Gasteiger partial charge in [0.15, 0.2) is 0 Å². The first-order valence-corrected chi connectivity index (χ1v) is 10.2. The van der Waals surface area contributed by atoms with Gasteiger partial charge in [-0.15, -0.1) is 0 Å². The van der Waals surface area contributed by atoms with Crippen LogP contribution < -0.4 is 10.5 Å². The molecule has 6 nitrogen and oxygen atoms in total. The topological polar surface area (TPSA) is 91.5 Å². The summed E-state index contributed by atoms with van der Waals surface area (Å²) in [7, 11) is 0. The third-order valence-electron chi connectivity index (χ3n) is 4.07. The van der Waals surface area contributed by atoms with Crippen molar-refractivity contribution in [3.8, 4) is 5.75 Å². The molecule has 0 aliphatic carbocycles. The molecule has 2 rings (SSSR count). The Balaban J connectivity index is 1.86. The zero-order valence-corrected chi connectivity index (χ0v) is 17.0. The molecular formula is C21H26N2O4S. The van der Waals surface area contributed by atoms with Crippen molar-refractivity contribution in [2.75, 3.05) is 13.2 Å². The zero-order chi connectivity index (χ0) is 20.4. The Hall–Kier alpha value is -2.54. The number of amides is 1. The minimum Gasteiger partial charge on any atom is -0.493 e. The van der Waals surface area contributed by atoms with E-state index in [4.69, 9.17) is 15.2 Å². The van der Waals surface area contributed by atoms with Crippen LogP contribution in [0.5, 0.6) is 5.75 Å². The van der Waals surface area contributed by atoms with E-state index in [1.165, 1.54) is 5.56 Å². The number of thioether (sulfide) groups is 1. The maximum absolute atomic E-state index is 12.0. The molecule has 0 bridgehead atoms. The van der Waals surface area contributed by atoms with E-state index in [9.17, 15) is 9.59 Å². The minimum absolute atomic E-state index is 0.261. The van der Waals surface area contributed by atoms with Crippen LogP contribution in [-0.4, -0.2) is 34.7 Å². The molecule has 0 saturated carbocycles. The van der Waals surface area contributed by atoms with Gasteiger partial charge < -0.3 is 15.2 Å². The third-order valence-corrected chi connectivity index (χ3v) is 4.95. The number of carbonyl (C=O) groups is 2. The molecule has 2 N–H and O–H groups in total. The smallest absolute Gasteiger partial charge is 0.319 e. The minimum atomic E-state index is -0.651. The van der Waals surface area contributed by atoms with Crippen molar-refractivity contribution in [3.63, 3.8) is 0 Å². The van der Waals surface area contributed by atoms with E-state index >= 15 is 0 Å². The molecule has 150 valence electrons. The number of esters is 1. The van der Waals surface area contributed by atoms with Gasteiger partial charge in [-0.25, -0.2) is 0 Å². The van der Waals surface area contributed by atoms with Crippen molar-refractivity contribution < 1.29 is 19.1 Å². The van der Waals surface area contributed by atoms with Gasteiger partial charge in [-0.3, -0.25) is 14.6 Å². The third kappa shape index (κ3) is 7.23. The Bertz CT molecular complexity index is 763. The number of hydrogen-bond donors (Lipinski definition) is 1. The number of hydrogen-bond acceptors (Lipinski definition) is 6. The van der Waals surface area contributed by atoms with Crippen LogP contribution >= 0.6 is 11.8 Å². The Labute approximate surface area is 169 Å². The molecule has 1 atom stereocenters. The van der Waals surface area contributed by atoms with E-state index in [0.717, 1.165) is 41.6 Å². The van der Waals surface area contributed by atoms with Gasteiger partial charge in [0, 0.05) is 18.3 Å². The normalized spacial score (nSPS) is 11.6. The summed E-state index contributed by atoms with van der Waals surface area (Å²) in [4.78, 5) is 27.6. The SMILES string of the molecule is CCOC(=O)[C@H](Cc1ccc(OCCc2ccc(CC)cn2)cc1)SC(N)=O. The second kappa shape index (κ2) is 11.3. The largest absolute Gasteiger partial charge is 0.493 e. The van der Waals surface area contributed by atoms with Crippen LogP contribution in [0.15, 0.2) is 42.6 Å². The predicted molar refractivity (Wildman–Crippen MR) is 111 cm³/mol. The lowest BCUT2D eigenvalue weighted by atomic mass is 10.1. The number of carbonyl (C=O) groups excluding carboxylic acids is 2. The van der Waals surface area contributed by atoms with E-state index < -0.39 is 16.5 Å². The molecule has 0 radical (unpaired) electrons. The number of nitrogens with zero attached hydrogens (tertiary/aromatic N) is 1. The highest BCUT2D eigenvalue weighted by atomic mass is 32.2. The summed E-state index contributed by atoms with van der Waals surface area (Å²) in [5.74, 6) is 0.303. The maximum Gasteiger partial charge on any atom is 0.319 e. The molecule has 2 aromatic rings. The average molecular weight is 403 g/mol. The van der Waals surface area contributed by atoms with Gasteiger partial charge in [0.1, 0.15) is 11.0 Å². The molecule has 1 amide bonds. The molecule has 0 spiro atoms. The van der Waals surface area contributed by atoms with Gasteiger partial charge in [-0.05, 0) is 60.9 Å².